The van der Waals surface area contributed by atoms with E-state index >= 15 is 0 Å². The topological polar surface area (TPSA) is 73.5 Å². The van der Waals surface area contributed by atoms with Crippen LogP contribution in [0.15, 0.2) is 62.6 Å². The predicted octanol–water partition coefficient (Wildman–Crippen LogP) is 2.17. The Bertz CT molecular complexity index is 730. The van der Waals surface area contributed by atoms with Crippen LogP contribution in [0, 0.1) is 0 Å². The molecule has 6 nitrogen and oxygen atoms in total. The molecule has 0 aromatic heterocycles. The second-order valence-electron chi connectivity index (χ2n) is 4.66. The van der Waals surface area contributed by atoms with Crippen LogP contribution < -0.4 is 10.7 Å². The van der Waals surface area contributed by atoms with Crippen molar-refractivity contribution in [2.24, 2.45) is 20.1 Å². The van der Waals surface area contributed by atoms with E-state index < -0.39 is 0 Å². The minimum atomic E-state index is -0.0976. The molecule has 1 aromatic rings. The summed E-state index contributed by atoms with van der Waals surface area (Å²) < 4.78 is 0. The van der Waals surface area contributed by atoms with E-state index in [-0.39, 0.29) is 6.04 Å². The van der Waals surface area contributed by atoms with E-state index in [0.717, 1.165) is 5.69 Å². The fourth-order valence-corrected chi connectivity index (χ4v) is 2.10. The maximum Gasteiger partial charge on any atom is 0.191 e. The largest absolute Gasteiger partial charge is 0.331 e. The first-order valence-electron chi connectivity index (χ1n) is 6.76. The van der Waals surface area contributed by atoms with Crippen molar-refractivity contribution < 1.29 is 0 Å². The fourth-order valence-electron chi connectivity index (χ4n) is 1.94. The molecule has 110 valence electrons. The van der Waals surface area contributed by atoms with Gasteiger partial charge >= 0.3 is 0 Å². The highest BCUT2D eigenvalue weighted by Crippen LogP contribution is 2.12. The molecule has 0 amide bonds. The van der Waals surface area contributed by atoms with Crippen LogP contribution in [0.2, 0.25) is 0 Å². The van der Waals surface area contributed by atoms with Gasteiger partial charge in [0.15, 0.2) is 16.8 Å². The maximum absolute atomic E-state index is 5.19. The van der Waals surface area contributed by atoms with Gasteiger partial charge in [-0.25, -0.2) is 15.0 Å². The molecule has 0 aliphatic carbocycles. The normalized spacial score (nSPS) is 19.3. The van der Waals surface area contributed by atoms with Gasteiger partial charge in [-0.05, 0) is 37.4 Å². The van der Waals surface area contributed by atoms with Gasteiger partial charge in [0.1, 0.15) is 11.8 Å². The highest BCUT2D eigenvalue weighted by atomic mass is 32.1. The SMILES string of the molecule is C/C(=N\NC(=S)Nc1ccccc1)C1=NC2C=CC=NC2=N1. The molecule has 1 atom stereocenters. The highest BCUT2D eigenvalue weighted by Gasteiger charge is 2.22. The number of rotatable bonds is 3. The van der Waals surface area contributed by atoms with Crippen LogP contribution in [0.1, 0.15) is 6.92 Å². The molecule has 0 bridgehead atoms. The monoisotopic (exact) mass is 310 g/mol. The average molecular weight is 310 g/mol. The van der Waals surface area contributed by atoms with Crippen LogP contribution in [-0.4, -0.2) is 34.8 Å². The van der Waals surface area contributed by atoms with Crippen LogP contribution in [0.25, 0.3) is 0 Å². The molecule has 1 aromatic carbocycles. The molecule has 7 heteroatoms. The lowest BCUT2D eigenvalue weighted by molar-refractivity contribution is 1.04. The first-order chi connectivity index (χ1) is 10.7. The Balaban J connectivity index is 1.61. The van der Waals surface area contributed by atoms with Crippen LogP contribution in [0.4, 0.5) is 5.69 Å². The Morgan fingerprint density at radius 2 is 2.09 bits per heavy atom. The lowest BCUT2D eigenvalue weighted by Gasteiger charge is -2.07. The number of fused-ring (bicyclic) bond motifs is 1. The summed E-state index contributed by atoms with van der Waals surface area (Å²) in [5.74, 6) is 1.26. The average Bonchev–Trinajstić information content (AvgIpc) is 2.98. The van der Waals surface area contributed by atoms with Crippen molar-refractivity contribution in [2.75, 3.05) is 5.32 Å². The van der Waals surface area contributed by atoms with E-state index in [4.69, 9.17) is 12.2 Å². The number of hydrogen-bond acceptors (Lipinski definition) is 5. The van der Waals surface area contributed by atoms with Crippen molar-refractivity contribution in [3.8, 4) is 0 Å². The molecule has 2 heterocycles. The van der Waals surface area contributed by atoms with Gasteiger partial charge < -0.3 is 5.32 Å². The van der Waals surface area contributed by atoms with E-state index in [0.29, 0.717) is 22.5 Å². The molecule has 1 unspecified atom stereocenters. The summed E-state index contributed by atoms with van der Waals surface area (Å²) in [5.41, 5.74) is 4.35. The summed E-state index contributed by atoms with van der Waals surface area (Å²) in [4.78, 5) is 13.0. The summed E-state index contributed by atoms with van der Waals surface area (Å²) in [7, 11) is 0. The second-order valence-corrected chi connectivity index (χ2v) is 5.07. The van der Waals surface area contributed by atoms with Crippen molar-refractivity contribution in [1.29, 1.82) is 0 Å². The Kier molecular flexibility index (Phi) is 4.15. The number of anilines is 1. The number of dihydropyridines is 1. The fraction of sp³-hybridized carbons (Fsp3) is 0.133. The molecule has 0 spiro atoms. The lowest BCUT2D eigenvalue weighted by Crippen LogP contribution is -2.26. The van der Waals surface area contributed by atoms with Gasteiger partial charge in [0, 0.05) is 11.9 Å². The first kappa shape index (κ1) is 14.3. The summed E-state index contributed by atoms with van der Waals surface area (Å²) >= 11 is 5.19. The first-order valence-corrected chi connectivity index (χ1v) is 7.17. The third kappa shape index (κ3) is 3.32. The summed E-state index contributed by atoms with van der Waals surface area (Å²) in [5, 5.41) is 7.66. The van der Waals surface area contributed by atoms with Crippen molar-refractivity contribution in [3.05, 3.63) is 42.5 Å². The van der Waals surface area contributed by atoms with Gasteiger partial charge in [-0.3, -0.25) is 5.43 Å². The Hall–Kier alpha value is -2.67. The molecule has 0 fully saturated rings. The number of thiocarbonyl (C=S) groups is 1. The Morgan fingerprint density at radius 1 is 1.27 bits per heavy atom. The van der Waals surface area contributed by atoms with E-state index in [9.17, 15) is 0 Å². The second kappa shape index (κ2) is 6.40. The van der Waals surface area contributed by atoms with Gasteiger partial charge in [-0.15, -0.1) is 0 Å². The molecular formula is C15H14N6S. The van der Waals surface area contributed by atoms with E-state index in [1.54, 1.807) is 6.21 Å². The number of nitrogens with zero attached hydrogens (tertiary/aromatic N) is 4. The summed E-state index contributed by atoms with van der Waals surface area (Å²) in [6.45, 7) is 1.83. The highest BCUT2D eigenvalue weighted by molar-refractivity contribution is 7.80. The van der Waals surface area contributed by atoms with Crippen LogP contribution in [0.5, 0.6) is 0 Å². The van der Waals surface area contributed by atoms with Crippen molar-refractivity contribution in [3.63, 3.8) is 0 Å². The summed E-state index contributed by atoms with van der Waals surface area (Å²) in [6.07, 6.45) is 5.51. The summed E-state index contributed by atoms with van der Waals surface area (Å²) in [6, 6.07) is 9.55. The predicted molar refractivity (Wildman–Crippen MR) is 95.2 cm³/mol. The molecule has 2 aliphatic heterocycles. The maximum atomic E-state index is 5.19. The smallest absolute Gasteiger partial charge is 0.191 e. The quantitative estimate of drug-likeness (QED) is 0.510. The van der Waals surface area contributed by atoms with Crippen LogP contribution >= 0.6 is 12.2 Å². The van der Waals surface area contributed by atoms with Crippen LogP contribution in [0.3, 0.4) is 0 Å². The Morgan fingerprint density at radius 3 is 2.86 bits per heavy atom. The minimum absolute atomic E-state index is 0.0976. The molecule has 22 heavy (non-hydrogen) atoms. The van der Waals surface area contributed by atoms with Gasteiger partial charge in [0.25, 0.3) is 0 Å². The van der Waals surface area contributed by atoms with Crippen molar-refractivity contribution in [1.82, 2.24) is 5.43 Å². The van der Waals surface area contributed by atoms with Crippen LogP contribution in [-0.2, 0) is 0 Å². The number of para-hydroxylation sites is 1. The third-order valence-electron chi connectivity index (χ3n) is 3.01. The Labute approximate surface area is 133 Å². The van der Waals surface area contributed by atoms with E-state index in [1.807, 2.05) is 49.4 Å². The van der Waals surface area contributed by atoms with Gasteiger partial charge in [-0.2, -0.15) is 5.10 Å². The van der Waals surface area contributed by atoms with Gasteiger partial charge in [0.05, 0.1) is 0 Å². The molecule has 0 radical (unpaired) electrons. The van der Waals surface area contributed by atoms with Crippen molar-refractivity contribution in [2.45, 2.75) is 13.0 Å². The number of nitrogens with one attached hydrogen (secondary N) is 2. The molecule has 2 N–H and O–H groups in total. The van der Waals surface area contributed by atoms with E-state index in [2.05, 4.69) is 30.8 Å². The number of hydrogen-bond donors (Lipinski definition) is 2. The molecular weight excluding hydrogens is 296 g/mol. The molecule has 2 aliphatic rings. The zero-order valence-electron chi connectivity index (χ0n) is 11.9. The third-order valence-corrected chi connectivity index (χ3v) is 3.21. The zero-order valence-corrected chi connectivity index (χ0v) is 12.7. The number of aliphatic imine (C=N–C) groups is 3. The molecule has 3 rings (SSSR count). The lowest BCUT2D eigenvalue weighted by atomic mass is 10.2. The number of hydrazone groups is 1. The number of allylic oxidation sites excluding steroid dienone is 1. The minimum Gasteiger partial charge on any atom is -0.331 e. The molecule has 0 saturated heterocycles. The van der Waals surface area contributed by atoms with Gasteiger partial charge in [0.2, 0.25) is 0 Å². The molecule has 0 saturated carbocycles. The zero-order chi connectivity index (χ0) is 15.4. The van der Waals surface area contributed by atoms with Gasteiger partial charge in [-0.1, -0.05) is 24.3 Å². The number of amidine groups is 2. The van der Waals surface area contributed by atoms with Crippen molar-refractivity contribution >= 4 is 46.6 Å². The standard InChI is InChI=1S/C15H14N6S/c1-10(13-18-12-8-5-9-16-14(12)19-13)20-21-15(22)17-11-6-3-2-4-7-11/h2-9,12H,1H3,(H2,17,21,22)/b20-10+. The number of benzene rings is 1. The van der Waals surface area contributed by atoms with E-state index in [1.165, 1.54) is 0 Å².